The Morgan fingerprint density at radius 1 is 1.25 bits per heavy atom. The molecule has 24 heavy (non-hydrogen) atoms. The first-order chi connectivity index (χ1) is 10.9. The standard InChI is InChI=1S/C13H25N3O7S/c1-9(14-10(17)12(2,3)7-22-15-19)6-24-11(18)13(4,5)8-23-16(20)21/h9,15,19H,6-8H2,1-5H3,(H,14,17). The molecule has 0 saturated carbocycles. The predicted octanol–water partition coefficient (Wildman–Crippen LogP) is 0.922. The molecule has 1 atom stereocenters. The fourth-order valence-corrected chi connectivity index (χ4v) is 2.34. The average Bonchev–Trinajstić information content (AvgIpc) is 2.48. The zero-order valence-corrected chi connectivity index (χ0v) is 15.3. The minimum absolute atomic E-state index is 0.0423. The van der Waals surface area contributed by atoms with E-state index in [1.165, 1.54) is 5.64 Å². The van der Waals surface area contributed by atoms with Crippen LogP contribution in [0.5, 0.6) is 0 Å². The Hall–Kier alpha value is -1.43. The van der Waals surface area contributed by atoms with E-state index in [1.54, 1.807) is 34.6 Å². The van der Waals surface area contributed by atoms with Crippen molar-refractivity contribution in [3.63, 3.8) is 0 Å². The van der Waals surface area contributed by atoms with E-state index in [0.29, 0.717) is 5.75 Å². The Bertz CT molecular complexity index is 457. The van der Waals surface area contributed by atoms with Crippen molar-refractivity contribution in [3.8, 4) is 0 Å². The van der Waals surface area contributed by atoms with Gasteiger partial charge in [-0.3, -0.25) is 19.6 Å². The first kappa shape index (κ1) is 22.6. The zero-order valence-electron chi connectivity index (χ0n) is 14.5. The van der Waals surface area contributed by atoms with E-state index in [1.807, 2.05) is 0 Å². The molecule has 0 aromatic heterocycles. The van der Waals surface area contributed by atoms with E-state index in [4.69, 9.17) is 5.21 Å². The Morgan fingerprint density at radius 2 is 1.83 bits per heavy atom. The summed E-state index contributed by atoms with van der Waals surface area (Å²) in [4.78, 5) is 43.3. The number of amides is 1. The van der Waals surface area contributed by atoms with Gasteiger partial charge in [-0.1, -0.05) is 31.3 Å². The molecule has 0 heterocycles. The van der Waals surface area contributed by atoms with Gasteiger partial charge in [0.05, 0.1) is 17.4 Å². The second-order valence-corrected chi connectivity index (χ2v) is 7.61. The van der Waals surface area contributed by atoms with Crippen LogP contribution in [0.2, 0.25) is 0 Å². The van der Waals surface area contributed by atoms with Crippen LogP contribution in [0.4, 0.5) is 0 Å². The first-order valence-electron chi connectivity index (χ1n) is 7.19. The number of hydrogen-bond donors (Lipinski definition) is 3. The third-order valence-corrected chi connectivity index (χ3v) is 4.52. The SMILES string of the molecule is CC(CSC(=O)C(C)(C)CO[N+](=O)[O-])NC(=O)C(C)(C)CONO. The zero-order chi connectivity index (χ0) is 19.0. The number of nitrogens with one attached hydrogen (secondary N) is 2. The van der Waals surface area contributed by atoms with E-state index < -0.39 is 15.9 Å². The van der Waals surface area contributed by atoms with Crippen molar-refractivity contribution in [2.45, 2.75) is 40.7 Å². The van der Waals surface area contributed by atoms with Gasteiger partial charge in [0, 0.05) is 11.8 Å². The molecule has 0 radical (unpaired) electrons. The van der Waals surface area contributed by atoms with Gasteiger partial charge in [0.15, 0.2) is 5.12 Å². The highest BCUT2D eigenvalue weighted by molar-refractivity contribution is 8.13. The monoisotopic (exact) mass is 367 g/mol. The number of carbonyl (C=O) groups excluding carboxylic acids is 2. The molecule has 0 aliphatic heterocycles. The molecule has 140 valence electrons. The molecular formula is C13H25N3O7S. The van der Waals surface area contributed by atoms with Crippen LogP contribution in [0, 0.1) is 20.9 Å². The van der Waals surface area contributed by atoms with Crippen molar-refractivity contribution in [1.29, 1.82) is 0 Å². The van der Waals surface area contributed by atoms with Crippen molar-refractivity contribution in [2.24, 2.45) is 10.8 Å². The average molecular weight is 367 g/mol. The van der Waals surface area contributed by atoms with Crippen LogP contribution in [-0.4, -0.2) is 46.3 Å². The normalized spacial score (nSPS) is 13.2. The van der Waals surface area contributed by atoms with E-state index in [-0.39, 0.29) is 30.3 Å². The van der Waals surface area contributed by atoms with E-state index in [0.717, 1.165) is 11.8 Å². The third-order valence-electron chi connectivity index (χ3n) is 3.04. The molecule has 0 aromatic carbocycles. The lowest BCUT2D eigenvalue weighted by molar-refractivity contribution is -0.760. The molecule has 1 amide bonds. The van der Waals surface area contributed by atoms with Crippen LogP contribution in [0.15, 0.2) is 0 Å². The van der Waals surface area contributed by atoms with Crippen LogP contribution in [-0.2, 0) is 19.3 Å². The van der Waals surface area contributed by atoms with Gasteiger partial charge in [0.1, 0.15) is 6.61 Å². The summed E-state index contributed by atoms with van der Waals surface area (Å²) in [6.07, 6.45) is 0. The number of carbonyl (C=O) groups is 2. The van der Waals surface area contributed by atoms with Gasteiger partial charge in [-0.25, -0.2) is 0 Å². The van der Waals surface area contributed by atoms with Crippen LogP contribution in [0.1, 0.15) is 34.6 Å². The van der Waals surface area contributed by atoms with Crippen LogP contribution >= 0.6 is 11.8 Å². The minimum Gasteiger partial charge on any atom is -0.352 e. The molecule has 0 rings (SSSR count). The summed E-state index contributed by atoms with van der Waals surface area (Å²) in [5, 5.41) is 20.2. The Morgan fingerprint density at radius 3 is 2.33 bits per heavy atom. The van der Waals surface area contributed by atoms with E-state index >= 15 is 0 Å². The highest BCUT2D eigenvalue weighted by Crippen LogP contribution is 2.25. The first-order valence-corrected chi connectivity index (χ1v) is 8.17. The summed E-state index contributed by atoms with van der Waals surface area (Å²) in [6, 6.07) is -0.306. The van der Waals surface area contributed by atoms with Gasteiger partial charge in [-0.05, 0) is 20.8 Å². The molecular weight excluding hydrogens is 342 g/mol. The Balaban J connectivity index is 4.38. The van der Waals surface area contributed by atoms with Gasteiger partial charge >= 0.3 is 0 Å². The van der Waals surface area contributed by atoms with Gasteiger partial charge in [-0.2, -0.15) is 0 Å². The molecule has 1 unspecified atom stereocenters. The van der Waals surface area contributed by atoms with Gasteiger partial charge < -0.3 is 10.2 Å². The number of hydrogen-bond acceptors (Lipinski definition) is 9. The number of nitrogens with zero attached hydrogens (tertiary/aromatic N) is 1. The third kappa shape index (κ3) is 8.43. The fraction of sp³-hybridized carbons (Fsp3) is 0.846. The van der Waals surface area contributed by atoms with Crippen molar-refractivity contribution in [2.75, 3.05) is 19.0 Å². The summed E-state index contributed by atoms with van der Waals surface area (Å²) in [6.45, 7) is 7.75. The maximum Gasteiger partial charge on any atom is 0.294 e. The molecule has 0 aliphatic rings. The van der Waals surface area contributed by atoms with Gasteiger partial charge in [0.25, 0.3) is 5.09 Å². The van der Waals surface area contributed by atoms with Crippen molar-refractivity contribution in [3.05, 3.63) is 10.1 Å². The lowest BCUT2D eigenvalue weighted by Crippen LogP contribution is -2.45. The maximum absolute atomic E-state index is 12.1. The second-order valence-electron chi connectivity index (χ2n) is 6.62. The molecule has 0 aromatic rings. The topological polar surface area (TPSA) is 140 Å². The summed E-state index contributed by atoms with van der Waals surface area (Å²) < 4.78 is 0. The van der Waals surface area contributed by atoms with Crippen molar-refractivity contribution >= 4 is 22.8 Å². The molecule has 0 bridgehead atoms. The fourth-order valence-electron chi connectivity index (χ4n) is 1.41. The van der Waals surface area contributed by atoms with Crippen LogP contribution < -0.4 is 11.0 Å². The largest absolute Gasteiger partial charge is 0.352 e. The summed E-state index contributed by atoms with van der Waals surface area (Å²) in [5.41, 5.74) is -0.370. The number of rotatable bonds is 11. The lowest BCUT2D eigenvalue weighted by atomic mass is 9.93. The van der Waals surface area contributed by atoms with Crippen molar-refractivity contribution < 1.29 is 29.6 Å². The predicted molar refractivity (Wildman–Crippen MR) is 86.5 cm³/mol. The van der Waals surface area contributed by atoms with Crippen molar-refractivity contribution in [1.82, 2.24) is 11.0 Å². The lowest BCUT2D eigenvalue weighted by Gasteiger charge is -2.26. The van der Waals surface area contributed by atoms with Gasteiger partial charge in [-0.15, -0.1) is 10.1 Å². The van der Waals surface area contributed by atoms with Crippen LogP contribution in [0.25, 0.3) is 0 Å². The molecule has 0 spiro atoms. The van der Waals surface area contributed by atoms with Crippen LogP contribution in [0.3, 0.4) is 0 Å². The molecule has 0 saturated heterocycles. The summed E-state index contributed by atoms with van der Waals surface area (Å²) >= 11 is 0.974. The highest BCUT2D eigenvalue weighted by atomic mass is 32.2. The highest BCUT2D eigenvalue weighted by Gasteiger charge is 2.32. The Kier molecular flexibility index (Phi) is 9.18. The molecule has 0 fully saturated rings. The molecule has 0 aliphatic carbocycles. The van der Waals surface area contributed by atoms with E-state index in [2.05, 4.69) is 15.0 Å². The second kappa shape index (κ2) is 9.77. The molecule has 11 heteroatoms. The van der Waals surface area contributed by atoms with Gasteiger partial charge in [0.2, 0.25) is 5.91 Å². The smallest absolute Gasteiger partial charge is 0.294 e. The quantitative estimate of drug-likeness (QED) is 0.359. The maximum atomic E-state index is 12.1. The molecule has 3 N–H and O–H groups in total. The Labute approximate surface area is 144 Å². The van der Waals surface area contributed by atoms with E-state index in [9.17, 15) is 19.7 Å². The summed E-state index contributed by atoms with van der Waals surface area (Å²) in [7, 11) is 0. The minimum atomic E-state index is -1.01. The molecule has 10 nitrogen and oxygen atoms in total. The summed E-state index contributed by atoms with van der Waals surface area (Å²) in [5.74, 6) is 0.0102. The number of thioether (sulfide) groups is 1.